The van der Waals surface area contributed by atoms with E-state index < -0.39 is 0 Å². The summed E-state index contributed by atoms with van der Waals surface area (Å²) >= 11 is 5.91. The zero-order chi connectivity index (χ0) is 15.5. The molecule has 1 N–H and O–H groups in total. The van der Waals surface area contributed by atoms with Crippen molar-refractivity contribution < 1.29 is 4.42 Å². The second-order valence-electron chi connectivity index (χ2n) is 5.46. The lowest BCUT2D eigenvalue weighted by Crippen LogP contribution is -2.17. The molecule has 2 heterocycles. The number of benzene rings is 1. The minimum Gasteiger partial charge on any atom is -0.460 e. The van der Waals surface area contributed by atoms with E-state index in [0.29, 0.717) is 0 Å². The molecular formula is C17H18ClN3O. The molecule has 0 aliphatic carbocycles. The van der Waals surface area contributed by atoms with Crippen LogP contribution in [0.4, 0.5) is 0 Å². The van der Waals surface area contributed by atoms with E-state index in [1.54, 1.807) is 0 Å². The second kappa shape index (κ2) is 6.38. The fourth-order valence-electron chi connectivity index (χ4n) is 2.36. The molecule has 0 spiro atoms. The maximum absolute atomic E-state index is 5.91. The Morgan fingerprint density at radius 1 is 1.14 bits per heavy atom. The number of hydrogen-bond donors (Lipinski definition) is 1. The molecule has 0 aliphatic rings. The Labute approximate surface area is 134 Å². The van der Waals surface area contributed by atoms with Gasteiger partial charge in [0.25, 0.3) is 0 Å². The quantitative estimate of drug-likeness (QED) is 0.765. The van der Waals surface area contributed by atoms with Gasteiger partial charge in [-0.05, 0) is 50.4 Å². The van der Waals surface area contributed by atoms with Crippen LogP contribution in [-0.4, -0.2) is 21.9 Å². The summed E-state index contributed by atoms with van der Waals surface area (Å²) in [5, 5.41) is 0.726. The van der Waals surface area contributed by atoms with Crippen LogP contribution in [0.25, 0.3) is 11.3 Å². The molecule has 22 heavy (non-hydrogen) atoms. The van der Waals surface area contributed by atoms with Gasteiger partial charge in [0.1, 0.15) is 17.3 Å². The third kappa shape index (κ3) is 3.59. The summed E-state index contributed by atoms with van der Waals surface area (Å²) in [7, 11) is 2.04. The second-order valence-corrected chi connectivity index (χ2v) is 5.89. The SMILES string of the molecule is Cc1cnc(CN(C)Cc2ccc(-c3ccc(Cl)cc3)o2)[nH]1. The monoisotopic (exact) mass is 315 g/mol. The Morgan fingerprint density at radius 2 is 1.91 bits per heavy atom. The summed E-state index contributed by atoms with van der Waals surface area (Å²) in [4.78, 5) is 9.71. The maximum Gasteiger partial charge on any atom is 0.134 e. The van der Waals surface area contributed by atoms with Crippen molar-refractivity contribution in [2.45, 2.75) is 20.0 Å². The topological polar surface area (TPSA) is 45.1 Å². The van der Waals surface area contributed by atoms with Gasteiger partial charge >= 0.3 is 0 Å². The van der Waals surface area contributed by atoms with E-state index in [9.17, 15) is 0 Å². The van der Waals surface area contributed by atoms with Crippen LogP contribution in [0, 0.1) is 6.92 Å². The molecule has 0 fully saturated rings. The van der Waals surface area contributed by atoms with Gasteiger partial charge in [-0.15, -0.1) is 0 Å². The van der Waals surface area contributed by atoms with Gasteiger partial charge < -0.3 is 9.40 Å². The summed E-state index contributed by atoms with van der Waals surface area (Å²) in [5.74, 6) is 2.74. The lowest BCUT2D eigenvalue weighted by molar-refractivity contribution is 0.283. The van der Waals surface area contributed by atoms with Gasteiger partial charge in [0, 0.05) is 22.5 Å². The van der Waals surface area contributed by atoms with Gasteiger partial charge in [0.2, 0.25) is 0 Å². The van der Waals surface area contributed by atoms with Crippen LogP contribution in [0.3, 0.4) is 0 Å². The molecular weight excluding hydrogens is 298 g/mol. The zero-order valence-electron chi connectivity index (χ0n) is 12.6. The number of nitrogens with zero attached hydrogens (tertiary/aromatic N) is 2. The fourth-order valence-corrected chi connectivity index (χ4v) is 2.48. The van der Waals surface area contributed by atoms with Crippen molar-refractivity contribution >= 4 is 11.6 Å². The summed E-state index contributed by atoms with van der Waals surface area (Å²) in [6, 6.07) is 11.6. The highest BCUT2D eigenvalue weighted by atomic mass is 35.5. The molecule has 0 bridgehead atoms. The largest absolute Gasteiger partial charge is 0.460 e. The molecule has 0 saturated heterocycles. The van der Waals surface area contributed by atoms with Gasteiger partial charge in [-0.25, -0.2) is 4.98 Å². The molecule has 5 heteroatoms. The first-order valence-corrected chi connectivity index (χ1v) is 7.51. The van der Waals surface area contributed by atoms with Gasteiger partial charge in [-0.1, -0.05) is 11.6 Å². The molecule has 1 aromatic carbocycles. The van der Waals surface area contributed by atoms with Crippen LogP contribution in [0.5, 0.6) is 0 Å². The number of furan rings is 1. The standard InChI is InChI=1S/C17H18ClN3O/c1-12-9-19-17(20-12)11-21(2)10-15-7-8-16(22-15)13-3-5-14(18)6-4-13/h3-9H,10-11H2,1-2H3,(H,19,20). The number of aromatic nitrogens is 2. The molecule has 3 aromatic rings. The maximum atomic E-state index is 5.91. The van der Waals surface area contributed by atoms with Crippen molar-refractivity contribution in [1.29, 1.82) is 0 Å². The van der Waals surface area contributed by atoms with Crippen molar-refractivity contribution in [3.63, 3.8) is 0 Å². The highest BCUT2D eigenvalue weighted by Crippen LogP contribution is 2.24. The summed E-state index contributed by atoms with van der Waals surface area (Å²) < 4.78 is 5.91. The Balaban J connectivity index is 1.65. The molecule has 0 saturated carbocycles. The van der Waals surface area contributed by atoms with Crippen molar-refractivity contribution in [3.05, 3.63) is 64.9 Å². The summed E-state index contributed by atoms with van der Waals surface area (Å²) in [6.45, 7) is 3.49. The molecule has 114 valence electrons. The highest BCUT2D eigenvalue weighted by Gasteiger charge is 2.09. The van der Waals surface area contributed by atoms with Crippen LogP contribution in [0.1, 0.15) is 17.3 Å². The summed E-state index contributed by atoms with van der Waals surface area (Å²) in [5.41, 5.74) is 2.10. The van der Waals surface area contributed by atoms with Crippen molar-refractivity contribution in [2.75, 3.05) is 7.05 Å². The molecule has 0 unspecified atom stereocenters. The highest BCUT2D eigenvalue weighted by molar-refractivity contribution is 6.30. The van der Waals surface area contributed by atoms with E-state index in [0.717, 1.165) is 46.7 Å². The molecule has 3 rings (SSSR count). The van der Waals surface area contributed by atoms with Crippen molar-refractivity contribution in [3.8, 4) is 11.3 Å². The minimum absolute atomic E-state index is 0.726. The van der Waals surface area contributed by atoms with E-state index >= 15 is 0 Å². The van der Waals surface area contributed by atoms with E-state index in [-0.39, 0.29) is 0 Å². The van der Waals surface area contributed by atoms with E-state index in [2.05, 4.69) is 14.9 Å². The predicted octanol–water partition coefficient (Wildman–Crippen LogP) is 4.26. The molecule has 0 radical (unpaired) electrons. The number of rotatable bonds is 5. The predicted molar refractivity (Wildman–Crippen MR) is 87.6 cm³/mol. The first kappa shape index (κ1) is 14.9. The Bertz CT molecular complexity index is 745. The number of aromatic amines is 1. The molecule has 4 nitrogen and oxygen atoms in total. The molecule has 0 amide bonds. The van der Waals surface area contributed by atoms with Crippen molar-refractivity contribution in [2.24, 2.45) is 0 Å². The number of halogens is 1. The fraction of sp³-hybridized carbons (Fsp3) is 0.235. The minimum atomic E-state index is 0.726. The van der Waals surface area contributed by atoms with Gasteiger partial charge in [0.05, 0.1) is 13.1 Å². The number of nitrogens with one attached hydrogen (secondary N) is 1. The molecule has 0 aliphatic heterocycles. The van der Waals surface area contributed by atoms with Gasteiger partial charge in [-0.3, -0.25) is 4.90 Å². The third-order valence-electron chi connectivity index (χ3n) is 3.39. The Morgan fingerprint density at radius 3 is 2.59 bits per heavy atom. The van der Waals surface area contributed by atoms with Gasteiger partial charge in [-0.2, -0.15) is 0 Å². The van der Waals surface area contributed by atoms with Crippen LogP contribution in [-0.2, 0) is 13.1 Å². The Hall–Kier alpha value is -2.04. The molecule has 0 atom stereocenters. The lowest BCUT2D eigenvalue weighted by Gasteiger charge is -2.13. The first-order valence-electron chi connectivity index (χ1n) is 7.14. The normalized spacial score (nSPS) is 11.3. The van der Waals surface area contributed by atoms with Crippen LogP contribution >= 0.6 is 11.6 Å². The number of hydrogen-bond acceptors (Lipinski definition) is 3. The average molecular weight is 316 g/mol. The molecule has 2 aromatic heterocycles. The van der Waals surface area contributed by atoms with E-state index in [4.69, 9.17) is 16.0 Å². The smallest absolute Gasteiger partial charge is 0.134 e. The third-order valence-corrected chi connectivity index (χ3v) is 3.64. The number of imidazole rings is 1. The summed E-state index contributed by atoms with van der Waals surface area (Å²) in [6.07, 6.45) is 1.84. The Kier molecular flexibility index (Phi) is 4.32. The van der Waals surface area contributed by atoms with Crippen molar-refractivity contribution in [1.82, 2.24) is 14.9 Å². The first-order chi connectivity index (χ1) is 10.6. The zero-order valence-corrected chi connectivity index (χ0v) is 13.4. The average Bonchev–Trinajstić information content (AvgIpc) is 3.09. The lowest BCUT2D eigenvalue weighted by atomic mass is 10.2. The van der Waals surface area contributed by atoms with Gasteiger partial charge in [0.15, 0.2) is 0 Å². The van der Waals surface area contributed by atoms with Crippen LogP contribution in [0.2, 0.25) is 5.02 Å². The number of aryl methyl sites for hydroxylation is 1. The van der Waals surface area contributed by atoms with Crippen LogP contribution < -0.4 is 0 Å². The number of H-pyrrole nitrogens is 1. The van der Waals surface area contributed by atoms with Crippen LogP contribution in [0.15, 0.2) is 47.0 Å². The van der Waals surface area contributed by atoms with E-state index in [1.165, 1.54) is 0 Å². The van der Waals surface area contributed by atoms with E-state index in [1.807, 2.05) is 56.6 Å².